The van der Waals surface area contributed by atoms with Gasteiger partial charge < -0.3 is 10.2 Å². The quantitative estimate of drug-likeness (QED) is 0.656. The first-order chi connectivity index (χ1) is 9.72. The Morgan fingerprint density at radius 3 is 2.65 bits per heavy atom. The van der Waals surface area contributed by atoms with Crippen LogP contribution in [-0.4, -0.2) is 24.1 Å². The summed E-state index contributed by atoms with van der Waals surface area (Å²) in [5, 5.41) is 3.42. The topological polar surface area (TPSA) is 28.2 Å². The molecule has 0 aromatic carbocycles. The second-order valence-electron chi connectivity index (χ2n) is 5.47. The SMILES string of the molecule is CCCCN(c1cccc(CNCCC)n1)C(C)CC. The molecular formula is C17H31N3. The zero-order valence-electron chi connectivity index (χ0n) is 13.7. The van der Waals surface area contributed by atoms with Gasteiger partial charge in [-0.25, -0.2) is 4.98 Å². The molecule has 1 atom stereocenters. The van der Waals surface area contributed by atoms with Crippen LogP contribution in [0.3, 0.4) is 0 Å². The third-order valence-electron chi connectivity index (χ3n) is 3.69. The summed E-state index contributed by atoms with van der Waals surface area (Å²) < 4.78 is 0. The fourth-order valence-corrected chi connectivity index (χ4v) is 2.23. The molecule has 0 aliphatic carbocycles. The number of hydrogen-bond acceptors (Lipinski definition) is 3. The van der Waals surface area contributed by atoms with E-state index in [-0.39, 0.29) is 0 Å². The highest BCUT2D eigenvalue weighted by atomic mass is 15.2. The van der Waals surface area contributed by atoms with Crippen LogP contribution in [0, 0.1) is 0 Å². The first-order valence-corrected chi connectivity index (χ1v) is 8.16. The molecule has 1 heterocycles. The molecule has 1 N–H and O–H groups in total. The molecule has 0 aliphatic heterocycles. The summed E-state index contributed by atoms with van der Waals surface area (Å²) >= 11 is 0. The van der Waals surface area contributed by atoms with Crippen LogP contribution < -0.4 is 10.2 Å². The van der Waals surface area contributed by atoms with Crippen LogP contribution in [0.1, 0.15) is 59.1 Å². The predicted octanol–water partition coefficient (Wildman–Crippen LogP) is 3.99. The zero-order valence-corrected chi connectivity index (χ0v) is 13.7. The highest BCUT2D eigenvalue weighted by Crippen LogP contribution is 2.17. The lowest BCUT2D eigenvalue weighted by Gasteiger charge is -2.30. The van der Waals surface area contributed by atoms with Crippen LogP contribution in [0.25, 0.3) is 0 Å². The minimum atomic E-state index is 0.549. The van der Waals surface area contributed by atoms with E-state index in [0.717, 1.165) is 44.0 Å². The van der Waals surface area contributed by atoms with Crippen LogP contribution in [0.15, 0.2) is 18.2 Å². The Bertz CT molecular complexity index is 365. The summed E-state index contributed by atoms with van der Waals surface area (Å²) in [6.45, 7) is 12.0. The van der Waals surface area contributed by atoms with E-state index in [1.807, 2.05) is 0 Å². The number of unbranched alkanes of at least 4 members (excludes halogenated alkanes) is 1. The van der Waals surface area contributed by atoms with E-state index in [1.165, 1.54) is 12.8 Å². The average Bonchev–Trinajstić information content (AvgIpc) is 2.48. The van der Waals surface area contributed by atoms with E-state index in [9.17, 15) is 0 Å². The Morgan fingerprint density at radius 1 is 1.20 bits per heavy atom. The number of nitrogens with one attached hydrogen (secondary N) is 1. The highest BCUT2D eigenvalue weighted by Gasteiger charge is 2.13. The standard InChI is InChI=1S/C17H31N3/c1-5-8-13-20(15(4)7-3)17-11-9-10-16(19-17)14-18-12-6-2/h9-11,15,18H,5-8,12-14H2,1-4H3. The number of rotatable bonds is 10. The van der Waals surface area contributed by atoms with Gasteiger partial charge in [0.1, 0.15) is 5.82 Å². The van der Waals surface area contributed by atoms with Gasteiger partial charge in [-0.05, 0) is 44.9 Å². The van der Waals surface area contributed by atoms with Gasteiger partial charge >= 0.3 is 0 Å². The summed E-state index contributed by atoms with van der Waals surface area (Å²) in [5.41, 5.74) is 1.14. The number of aromatic nitrogens is 1. The number of hydrogen-bond donors (Lipinski definition) is 1. The molecule has 0 amide bonds. The van der Waals surface area contributed by atoms with Crippen molar-refractivity contribution in [1.29, 1.82) is 0 Å². The Balaban J connectivity index is 2.76. The van der Waals surface area contributed by atoms with Gasteiger partial charge in [0, 0.05) is 19.1 Å². The molecule has 1 unspecified atom stereocenters. The van der Waals surface area contributed by atoms with Gasteiger partial charge in [0.25, 0.3) is 0 Å². The van der Waals surface area contributed by atoms with Gasteiger partial charge in [0.2, 0.25) is 0 Å². The van der Waals surface area contributed by atoms with Crippen molar-refractivity contribution in [3.05, 3.63) is 23.9 Å². The van der Waals surface area contributed by atoms with Crippen molar-refractivity contribution in [3.63, 3.8) is 0 Å². The van der Waals surface area contributed by atoms with E-state index in [1.54, 1.807) is 0 Å². The van der Waals surface area contributed by atoms with Gasteiger partial charge in [0.15, 0.2) is 0 Å². The molecule has 1 aromatic rings. The van der Waals surface area contributed by atoms with Gasteiger partial charge in [0.05, 0.1) is 5.69 Å². The molecule has 3 heteroatoms. The number of pyridine rings is 1. The summed E-state index contributed by atoms with van der Waals surface area (Å²) in [6.07, 6.45) is 4.77. The Morgan fingerprint density at radius 2 is 2.00 bits per heavy atom. The zero-order chi connectivity index (χ0) is 14.8. The molecule has 0 spiro atoms. The maximum Gasteiger partial charge on any atom is 0.129 e. The van der Waals surface area contributed by atoms with Gasteiger partial charge in [-0.3, -0.25) is 0 Å². The fraction of sp³-hybridized carbons (Fsp3) is 0.706. The van der Waals surface area contributed by atoms with Crippen LogP contribution in [-0.2, 0) is 6.54 Å². The number of anilines is 1. The van der Waals surface area contributed by atoms with Gasteiger partial charge in [-0.15, -0.1) is 0 Å². The van der Waals surface area contributed by atoms with Crippen molar-refractivity contribution in [1.82, 2.24) is 10.3 Å². The summed E-state index contributed by atoms with van der Waals surface area (Å²) in [5.74, 6) is 1.13. The molecule has 0 fully saturated rings. The van der Waals surface area contributed by atoms with E-state index >= 15 is 0 Å². The lowest BCUT2D eigenvalue weighted by atomic mass is 10.2. The Hall–Kier alpha value is -1.09. The van der Waals surface area contributed by atoms with Crippen molar-refractivity contribution < 1.29 is 0 Å². The Labute approximate surface area is 124 Å². The normalized spacial score (nSPS) is 12.4. The molecule has 0 bridgehead atoms. The van der Waals surface area contributed by atoms with E-state index in [4.69, 9.17) is 4.98 Å². The van der Waals surface area contributed by atoms with E-state index in [0.29, 0.717) is 6.04 Å². The number of nitrogens with zero attached hydrogens (tertiary/aromatic N) is 2. The smallest absolute Gasteiger partial charge is 0.129 e. The minimum absolute atomic E-state index is 0.549. The molecule has 0 saturated carbocycles. The van der Waals surface area contributed by atoms with Crippen LogP contribution >= 0.6 is 0 Å². The van der Waals surface area contributed by atoms with E-state index < -0.39 is 0 Å². The van der Waals surface area contributed by atoms with Crippen molar-refractivity contribution in [3.8, 4) is 0 Å². The molecule has 1 rings (SSSR count). The van der Waals surface area contributed by atoms with Gasteiger partial charge in [-0.2, -0.15) is 0 Å². The molecule has 20 heavy (non-hydrogen) atoms. The van der Waals surface area contributed by atoms with Gasteiger partial charge in [-0.1, -0.05) is 33.3 Å². The fourth-order valence-electron chi connectivity index (χ4n) is 2.23. The van der Waals surface area contributed by atoms with Crippen LogP contribution in [0.2, 0.25) is 0 Å². The summed E-state index contributed by atoms with van der Waals surface area (Å²) in [7, 11) is 0. The second kappa shape index (κ2) is 9.76. The molecule has 3 nitrogen and oxygen atoms in total. The van der Waals surface area contributed by atoms with Crippen molar-refractivity contribution in [2.75, 3.05) is 18.0 Å². The second-order valence-corrected chi connectivity index (χ2v) is 5.47. The van der Waals surface area contributed by atoms with Crippen molar-refractivity contribution >= 4 is 5.82 Å². The summed E-state index contributed by atoms with van der Waals surface area (Å²) in [4.78, 5) is 7.28. The van der Waals surface area contributed by atoms with Crippen LogP contribution in [0.4, 0.5) is 5.82 Å². The molecule has 114 valence electrons. The van der Waals surface area contributed by atoms with E-state index in [2.05, 4.69) is 56.1 Å². The minimum Gasteiger partial charge on any atom is -0.354 e. The lowest BCUT2D eigenvalue weighted by molar-refractivity contribution is 0.586. The lowest BCUT2D eigenvalue weighted by Crippen LogP contribution is -2.34. The maximum absolute atomic E-state index is 4.83. The molecule has 1 aromatic heterocycles. The predicted molar refractivity (Wildman–Crippen MR) is 88.2 cm³/mol. The van der Waals surface area contributed by atoms with Crippen molar-refractivity contribution in [2.45, 2.75) is 66.0 Å². The largest absolute Gasteiger partial charge is 0.354 e. The molecule has 0 aliphatic rings. The van der Waals surface area contributed by atoms with Crippen LogP contribution in [0.5, 0.6) is 0 Å². The molecule has 0 radical (unpaired) electrons. The summed E-state index contributed by atoms with van der Waals surface area (Å²) in [6, 6.07) is 6.94. The monoisotopic (exact) mass is 277 g/mol. The first kappa shape index (κ1) is 17.0. The first-order valence-electron chi connectivity index (χ1n) is 8.16. The highest BCUT2D eigenvalue weighted by molar-refractivity contribution is 5.40. The maximum atomic E-state index is 4.83. The Kier molecular flexibility index (Phi) is 8.28. The third-order valence-corrected chi connectivity index (χ3v) is 3.69. The van der Waals surface area contributed by atoms with Crippen molar-refractivity contribution in [2.24, 2.45) is 0 Å². The molecular weight excluding hydrogens is 246 g/mol. The molecule has 0 saturated heterocycles. The average molecular weight is 277 g/mol. The third kappa shape index (κ3) is 5.49.